The molecule has 1 fully saturated rings. The van der Waals surface area contributed by atoms with Gasteiger partial charge >= 0.3 is 0 Å². The molecule has 2 N–H and O–H groups in total. The molecule has 3 aliphatic heterocycles. The first kappa shape index (κ1) is 20.9. The van der Waals surface area contributed by atoms with Crippen LogP contribution in [0, 0.1) is 12.7 Å². The lowest BCUT2D eigenvalue weighted by atomic mass is 10.0. The molecule has 0 unspecified atom stereocenters. The second-order valence-electron chi connectivity index (χ2n) is 9.02. The summed E-state index contributed by atoms with van der Waals surface area (Å²) in [6, 6.07) is 4.28. The van der Waals surface area contributed by atoms with Crippen LogP contribution in [0.25, 0.3) is 11.6 Å². The number of aromatic amines is 1. The van der Waals surface area contributed by atoms with Crippen molar-refractivity contribution in [2.24, 2.45) is 0 Å². The van der Waals surface area contributed by atoms with E-state index in [-0.39, 0.29) is 17.6 Å². The smallest absolute Gasteiger partial charge is 0.256 e. The number of hydrogen-bond donors (Lipinski definition) is 2. The van der Waals surface area contributed by atoms with Crippen molar-refractivity contribution in [1.82, 2.24) is 14.8 Å². The summed E-state index contributed by atoms with van der Waals surface area (Å²) in [7, 11) is 0. The molecule has 2 aromatic rings. The number of fused-ring (bicyclic) bond motifs is 2. The van der Waals surface area contributed by atoms with Crippen molar-refractivity contribution in [2.75, 3.05) is 38.0 Å². The number of H-pyrrole nitrogens is 1. The molecule has 168 valence electrons. The number of rotatable bonds is 4. The molecule has 1 aromatic heterocycles. The van der Waals surface area contributed by atoms with Gasteiger partial charge in [-0.15, -0.1) is 0 Å². The topological polar surface area (TPSA) is 68.4 Å². The number of anilines is 1. The van der Waals surface area contributed by atoms with Gasteiger partial charge in [-0.2, -0.15) is 0 Å². The Morgan fingerprint density at radius 3 is 2.69 bits per heavy atom. The standard InChI is InChI=1S/C25H29FN4O2/c1-16-22(15-19-18-14-17(26)7-8-20(18)28-24(19)31)27-21-6-5-11-30(25(32)23(16)21)13-12-29-9-3-2-4-10-29/h7-8,14-15,27H,2-6,9-13H2,1H3,(H,28,31). The Labute approximate surface area is 187 Å². The van der Waals surface area contributed by atoms with Crippen LogP contribution in [0.1, 0.15) is 58.6 Å². The van der Waals surface area contributed by atoms with Gasteiger partial charge in [0.15, 0.2) is 0 Å². The summed E-state index contributed by atoms with van der Waals surface area (Å²) in [6.07, 6.45) is 7.24. The van der Waals surface area contributed by atoms with Gasteiger partial charge in [0.2, 0.25) is 0 Å². The molecule has 2 amide bonds. The molecule has 0 spiro atoms. The molecule has 3 aliphatic rings. The van der Waals surface area contributed by atoms with E-state index in [9.17, 15) is 14.0 Å². The number of amides is 2. The zero-order valence-electron chi connectivity index (χ0n) is 18.5. The number of aryl methyl sites for hydroxylation is 1. The molecule has 0 radical (unpaired) electrons. The Morgan fingerprint density at radius 1 is 1.06 bits per heavy atom. The summed E-state index contributed by atoms with van der Waals surface area (Å²) < 4.78 is 13.8. The van der Waals surface area contributed by atoms with Gasteiger partial charge in [-0.25, -0.2) is 4.39 Å². The lowest BCUT2D eigenvalue weighted by Crippen LogP contribution is -2.40. The highest BCUT2D eigenvalue weighted by Crippen LogP contribution is 2.35. The lowest BCUT2D eigenvalue weighted by molar-refractivity contribution is -0.110. The van der Waals surface area contributed by atoms with Crippen molar-refractivity contribution in [3.8, 4) is 0 Å². The fourth-order valence-corrected chi connectivity index (χ4v) is 5.11. The van der Waals surface area contributed by atoms with E-state index in [2.05, 4.69) is 15.2 Å². The van der Waals surface area contributed by atoms with Crippen molar-refractivity contribution in [3.05, 3.63) is 52.1 Å². The lowest BCUT2D eigenvalue weighted by Gasteiger charge is -2.29. The van der Waals surface area contributed by atoms with E-state index in [1.165, 1.54) is 31.4 Å². The predicted molar refractivity (Wildman–Crippen MR) is 123 cm³/mol. The predicted octanol–water partition coefficient (Wildman–Crippen LogP) is 3.83. The van der Waals surface area contributed by atoms with Crippen LogP contribution in [-0.4, -0.2) is 59.3 Å². The van der Waals surface area contributed by atoms with Crippen LogP contribution in [0.3, 0.4) is 0 Å². The van der Waals surface area contributed by atoms with E-state index in [1.807, 2.05) is 11.8 Å². The quantitative estimate of drug-likeness (QED) is 0.716. The largest absolute Gasteiger partial charge is 0.358 e. The fourth-order valence-electron chi connectivity index (χ4n) is 5.11. The average molecular weight is 437 g/mol. The van der Waals surface area contributed by atoms with Crippen LogP contribution in [0.15, 0.2) is 18.2 Å². The third kappa shape index (κ3) is 3.86. The molecular formula is C25H29FN4O2. The molecule has 32 heavy (non-hydrogen) atoms. The van der Waals surface area contributed by atoms with Crippen molar-refractivity contribution in [2.45, 2.75) is 39.0 Å². The van der Waals surface area contributed by atoms with E-state index in [4.69, 9.17) is 0 Å². The number of aromatic nitrogens is 1. The molecule has 7 heteroatoms. The molecule has 0 bridgehead atoms. The molecule has 1 saturated heterocycles. The average Bonchev–Trinajstić information content (AvgIpc) is 3.20. The van der Waals surface area contributed by atoms with Gasteiger partial charge < -0.3 is 20.1 Å². The highest BCUT2D eigenvalue weighted by molar-refractivity contribution is 6.34. The second kappa shape index (κ2) is 8.54. The zero-order chi connectivity index (χ0) is 22.2. The van der Waals surface area contributed by atoms with Crippen LogP contribution in [0.2, 0.25) is 0 Å². The summed E-state index contributed by atoms with van der Waals surface area (Å²) in [4.78, 5) is 33.8. The number of carbonyl (C=O) groups is 2. The van der Waals surface area contributed by atoms with Crippen molar-refractivity contribution < 1.29 is 14.0 Å². The van der Waals surface area contributed by atoms with Crippen LogP contribution < -0.4 is 5.32 Å². The Morgan fingerprint density at radius 2 is 1.88 bits per heavy atom. The van der Waals surface area contributed by atoms with Crippen LogP contribution in [0.5, 0.6) is 0 Å². The van der Waals surface area contributed by atoms with Gasteiger partial charge in [0.05, 0.1) is 11.1 Å². The van der Waals surface area contributed by atoms with Crippen molar-refractivity contribution >= 4 is 29.2 Å². The minimum atomic E-state index is -0.385. The fraction of sp³-hybridized carbons (Fsp3) is 0.440. The van der Waals surface area contributed by atoms with Crippen molar-refractivity contribution in [1.29, 1.82) is 0 Å². The molecule has 5 rings (SSSR count). The van der Waals surface area contributed by atoms with Crippen LogP contribution >= 0.6 is 0 Å². The number of nitrogens with one attached hydrogen (secondary N) is 2. The molecule has 0 aliphatic carbocycles. The summed E-state index contributed by atoms with van der Waals surface area (Å²) >= 11 is 0. The number of benzene rings is 1. The summed E-state index contributed by atoms with van der Waals surface area (Å²) in [5.41, 5.74) is 4.81. The number of nitrogens with zero attached hydrogens (tertiary/aromatic N) is 2. The number of carbonyl (C=O) groups excluding carboxylic acids is 2. The normalized spacial score (nSPS) is 20.3. The summed E-state index contributed by atoms with van der Waals surface area (Å²) in [5, 5.41) is 2.78. The zero-order valence-corrected chi connectivity index (χ0v) is 18.5. The maximum absolute atomic E-state index is 13.8. The number of piperidine rings is 1. The first-order chi connectivity index (χ1) is 15.5. The number of halogens is 1. The monoisotopic (exact) mass is 436 g/mol. The summed E-state index contributed by atoms with van der Waals surface area (Å²) in [5.74, 6) is -0.579. The van der Waals surface area contributed by atoms with Gasteiger partial charge in [0.25, 0.3) is 11.8 Å². The van der Waals surface area contributed by atoms with Gasteiger partial charge in [-0.05, 0) is 75.5 Å². The molecule has 6 nitrogen and oxygen atoms in total. The first-order valence-electron chi connectivity index (χ1n) is 11.6. The molecule has 0 atom stereocenters. The maximum Gasteiger partial charge on any atom is 0.256 e. The van der Waals surface area contributed by atoms with Gasteiger partial charge in [0.1, 0.15) is 5.82 Å². The molecule has 1 aromatic carbocycles. The van der Waals surface area contributed by atoms with E-state index < -0.39 is 0 Å². The highest BCUT2D eigenvalue weighted by atomic mass is 19.1. The van der Waals surface area contributed by atoms with Gasteiger partial charge in [-0.3, -0.25) is 9.59 Å². The Kier molecular flexibility index (Phi) is 5.59. The minimum Gasteiger partial charge on any atom is -0.358 e. The number of hydrogen-bond acceptors (Lipinski definition) is 3. The van der Waals surface area contributed by atoms with Crippen molar-refractivity contribution in [3.63, 3.8) is 0 Å². The first-order valence-corrected chi connectivity index (χ1v) is 11.6. The third-order valence-electron chi connectivity index (χ3n) is 6.91. The molecular weight excluding hydrogens is 407 g/mol. The van der Waals surface area contributed by atoms with E-state index >= 15 is 0 Å². The molecule has 4 heterocycles. The number of likely N-dealkylation sites (tertiary alicyclic amines) is 1. The highest BCUT2D eigenvalue weighted by Gasteiger charge is 2.29. The maximum atomic E-state index is 13.8. The van der Waals surface area contributed by atoms with Crippen LogP contribution in [0.4, 0.5) is 10.1 Å². The Balaban J connectivity index is 1.41. The Bertz CT molecular complexity index is 1100. The Hall–Kier alpha value is -2.93. The SMILES string of the molecule is Cc1c(C=C2C(=O)Nc3ccc(F)cc32)[nH]c2c1C(=O)N(CCN1CCCCC1)CCC2. The van der Waals surface area contributed by atoms with E-state index in [1.54, 1.807) is 12.1 Å². The van der Waals surface area contributed by atoms with Crippen LogP contribution in [-0.2, 0) is 11.2 Å². The van der Waals surface area contributed by atoms with E-state index in [0.29, 0.717) is 16.8 Å². The van der Waals surface area contributed by atoms with Gasteiger partial charge in [-0.1, -0.05) is 6.42 Å². The second-order valence-corrected chi connectivity index (χ2v) is 9.02. The minimum absolute atomic E-state index is 0.0650. The van der Waals surface area contributed by atoms with E-state index in [0.717, 1.165) is 68.1 Å². The summed E-state index contributed by atoms with van der Waals surface area (Å²) in [6.45, 7) is 6.60. The van der Waals surface area contributed by atoms with Gasteiger partial charge in [0, 0.05) is 42.3 Å². The third-order valence-corrected chi connectivity index (χ3v) is 6.91. The molecule has 0 saturated carbocycles.